The zero-order valence-electron chi connectivity index (χ0n) is 5.00. The van der Waals surface area contributed by atoms with E-state index < -0.39 is 0 Å². The Morgan fingerprint density at radius 3 is 3.00 bits per heavy atom. The Balaban J connectivity index is 2.66. The van der Waals surface area contributed by atoms with E-state index in [0.29, 0.717) is 12.0 Å². The van der Waals surface area contributed by atoms with E-state index in [9.17, 15) is 4.79 Å². The standard InChI is InChI=1S/C7H8O2/c8-5-4-6-2-1-3-7(6)9/h1,3-4,8H,2,5H2/b6-4-. The largest absolute Gasteiger partial charge is 0.392 e. The molecular weight excluding hydrogens is 116 g/mol. The molecule has 1 aliphatic rings. The van der Waals surface area contributed by atoms with Crippen molar-refractivity contribution < 1.29 is 9.90 Å². The Morgan fingerprint density at radius 2 is 2.56 bits per heavy atom. The molecule has 1 N–H and O–H groups in total. The van der Waals surface area contributed by atoms with E-state index in [1.807, 2.05) is 0 Å². The van der Waals surface area contributed by atoms with Gasteiger partial charge in [-0.15, -0.1) is 0 Å². The number of hydrogen-bond acceptors (Lipinski definition) is 2. The third kappa shape index (κ3) is 1.27. The number of aliphatic hydroxyl groups excluding tert-OH is 1. The average molecular weight is 124 g/mol. The monoisotopic (exact) mass is 124 g/mol. The fourth-order valence-corrected chi connectivity index (χ4v) is 0.795. The van der Waals surface area contributed by atoms with Gasteiger partial charge in [0.25, 0.3) is 0 Å². The summed E-state index contributed by atoms with van der Waals surface area (Å²) in [5.41, 5.74) is 0.706. The highest BCUT2D eigenvalue weighted by atomic mass is 16.2. The smallest absolute Gasteiger partial charge is 0.181 e. The maximum absolute atomic E-state index is 10.7. The van der Waals surface area contributed by atoms with Gasteiger partial charge in [-0.2, -0.15) is 0 Å². The Bertz CT molecular complexity index is 177. The molecule has 0 aromatic carbocycles. The van der Waals surface area contributed by atoms with Crippen molar-refractivity contribution in [2.24, 2.45) is 0 Å². The highest BCUT2D eigenvalue weighted by Gasteiger charge is 2.08. The molecule has 0 bridgehead atoms. The second-order valence-corrected chi connectivity index (χ2v) is 1.88. The molecule has 1 aliphatic carbocycles. The van der Waals surface area contributed by atoms with E-state index in [1.165, 1.54) is 6.08 Å². The molecule has 0 saturated heterocycles. The second-order valence-electron chi connectivity index (χ2n) is 1.88. The van der Waals surface area contributed by atoms with Crippen LogP contribution in [0, 0.1) is 0 Å². The minimum Gasteiger partial charge on any atom is -0.392 e. The van der Waals surface area contributed by atoms with Gasteiger partial charge in [-0.1, -0.05) is 12.2 Å². The molecule has 0 atom stereocenters. The van der Waals surface area contributed by atoms with Crippen molar-refractivity contribution in [1.29, 1.82) is 0 Å². The molecule has 0 unspecified atom stereocenters. The molecule has 0 radical (unpaired) electrons. The van der Waals surface area contributed by atoms with Gasteiger partial charge in [0.1, 0.15) is 0 Å². The van der Waals surface area contributed by atoms with E-state index in [1.54, 1.807) is 12.2 Å². The summed E-state index contributed by atoms with van der Waals surface area (Å²) in [5.74, 6) is 0.0315. The zero-order valence-corrected chi connectivity index (χ0v) is 5.00. The number of carbonyl (C=O) groups is 1. The quantitative estimate of drug-likeness (QED) is 0.515. The van der Waals surface area contributed by atoms with Gasteiger partial charge in [0.2, 0.25) is 0 Å². The lowest BCUT2D eigenvalue weighted by Gasteiger charge is -1.88. The van der Waals surface area contributed by atoms with Gasteiger partial charge in [-0.3, -0.25) is 4.79 Å². The molecule has 0 heterocycles. The lowest BCUT2D eigenvalue weighted by atomic mass is 10.2. The Labute approximate surface area is 53.5 Å². The molecule has 0 saturated carbocycles. The summed E-state index contributed by atoms with van der Waals surface area (Å²) in [7, 11) is 0. The average Bonchev–Trinajstić information content (AvgIpc) is 2.18. The van der Waals surface area contributed by atoms with Gasteiger partial charge in [-0.25, -0.2) is 0 Å². The van der Waals surface area contributed by atoms with Crippen LogP contribution in [0.25, 0.3) is 0 Å². The summed E-state index contributed by atoms with van der Waals surface area (Å²) < 4.78 is 0. The van der Waals surface area contributed by atoms with Crippen LogP contribution in [0.1, 0.15) is 6.42 Å². The number of allylic oxidation sites excluding steroid dienone is 3. The Morgan fingerprint density at radius 1 is 1.78 bits per heavy atom. The summed E-state index contributed by atoms with van der Waals surface area (Å²) in [6, 6.07) is 0. The van der Waals surface area contributed by atoms with Crippen molar-refractivity contribution in [2.45, 2.75) is 6.42 Å². The molecule has 48 valence electrons. The third-order valence-corrected chi connectivity index (χ3v) is 1.26. The number of carbonyl (C=O) groups excluding carboxylic acids is 1. The first kappa shape index (κ1) is 6.23. The van der Waals surface area contributed by atoms with E-state index in [-0.39, 0.29) is 12.4 Å². The third-order valence-electron chi connectivity index (χ3n) is 1.26. The Kier molecular flexibility index (Phi) is 1.80. The van der Waals surface area contributed by atoms with Crippen molar-refractivity contribution in [3.63, 3.8) is 0 Å². The van der Waals surface area contributed by atoms with Gasteiger partial charge in [0.05, 0.1) is 6.61 Å². The minimum absolute atomic E-state index is 0.0315. The van der Waals surface area contributed by atoms with Crippen LogP contribution in [0.5, 0.6) is 0 Å². The molecule has 1 rings (SSSR count). The molecule has 9 heavy (non-hydrogen) atoms. The SMILES string of the molecule is O=C1C=CC/C1=C/CO. The van der Waals surface area contributed by atoms with Gasteiger partial charge in [0.15, 0.2) is 5.78 Å². The van der Waals surface area contributed by atoms with E-state index in [4.69, 9.17) is 5.11 Å². The van der Waals surface area contributed by atoms with Crippen LogP contribution in [0.2, 0.25) is 0 Å². The fourth-order valence-electron chi connectivity index (χ4n) is 0.795. The summed E-state index contributed by atoms with van der Waals surface area (Å²) in [5, 5.41) is 8.39. The van der Waals surface area contributed by atoms with Crippen LogP contribution in [0.3, 0.4) is 0 Å². The van der Waals surface area contributed by atoms with E-state index in [0.717, 1.165) is 0 Å². The first-order valence-corrected chi connectivity index (χ1v) is 2.85. The molecular formula is C7H8O2. The second kappa shape index (κ2) is 2.60. The fraction of sp³-hybridized carbons (Fsp3) is 0.286. The van der Waals surface area contributed by atoms with Crippen molar-refractivity contribution in [2.75, 3.05) is 6.61 Å². The number of ketones is 1. The maximum atomic E-state index is 10.7. The molecule has 0 aromatic heterocycles. The molecule has 0 spiro atoms. The maximum Gasteiger partial charge on any atom is 0.181 e. The van der Waals surface area contributed by atoms with Crippen LogP contribution in [0.4, 0.5) is 0 Å². The van der Waals surface area contributed by atoms with Crippen LogP contribution < -0.4 is 0 Å². The van der Waals surface area contributed by atoms with E-state index >= 15 is 0 Å². The first-order valence-electron chi connectivity index (χ1n) is 2.85. The van der Waals surface area contributed by atoms with Crippen molar-refractivity contribution in [3.05, 3.63) is 23.8 Å². The topological polar surface area (TPSA) is 37.3 Å². The van der Waals surface area contributed by atoms with Crippen molar-refractivity contribution >= 4 is 5.78 Å². The van der Waals surface area contributed by atoms with Crippen LogP contribution in [0.15, 0.2) is 23.8 Å². The molecule has 2 heteroatoms. The minimum atomic E-state index is -0.0389. The molecule has 0 amide bonds. The molecule has 0 aliphatic heterocycles. The van der Waals surface area contributed by atoms with Gasteiger partial charge in [0, 0.05) is 5.57 Å². The number of hydrogen-bond donors (Lipinski definition) is 1. The predicted molar refractivity (Wildman–Crippen MR) is 33.9 cm³/mol. The zero-order chi connectivity index (χ0) is 6.69. The first-order chi connectivity index (χ1) is 4.34. The lowest BCUT2D eigenvalue weighted by molar-refractivity contribution is -0.111. The van der Waals surface area contributed by atoms with Gasteiger partial charge >= 0.3 is 0 Å². The van der Waals surface area contributed by atoms with Gasteiger partial charge < -0.3 is 5.11 Å². The van der Waals surface area contributed by atoms with Crippen molar-refractivity contribution in [3.8, 4) is 0 Å². The van der Waals surface area contributed by atoms with Crippen LogP contribution >= 0.6 is 0 Å². The summed E-state index contributed by atoms with van der Waals surface area (Å²) >= 11 is 0. The van der Waals surface area contributed by atoms with Crippen molar-refractivity contribution in [1.82, 2.24) is 0 Å². The molecule has 2 nitrogen and oxygen atoms in total. The number of aliphatic hydroxyl groups is 1. The Hall–Kier alpha value is -0.890. The molecule has 0 fully saturated rings. The summed E-state index contributed by atoms with van der Waals surface area (Å²) in [6.07, 6.45) is 5.55. The highest BCUT2D eigenvalue weighted by Crippen LogP contribution is 2.11. The van der Waals surface area contributed by atoms with Crippen LogP contribution in [-0.2, 0) is 4.79 Å². The predicted octanol–water partition coefficient (Wildman–Crippen LogP) is 0.434. The summed E-state index contributed by atoms with van der Waals surface area (Å²) in [4.78, 5) is 10.7. The van der Waals surface area contributed by atoms with Crippen LogP contribution in [-0.4, -0.2) is 17.5 Å². The van der Waals surface area contributed by atoms with Gasteiger partial charge in [-0.05, 0) is 12.5 Å². The summed E-state index contributed by atoms with van der Waals surface area (Å²) in [6.45, 7) is -0.0389. The number of rotatable bonds is 1. The van der Waals surface area contributed by atoms with E-state index in [2.05, 4.69) is 0 Å². The molecule has 0 aromatic rings. The normalized spacial score (nSPS) is 21.9. The highest BCUT2D eigenvalue weighted by molar-refractivity contribution is 6.06. The lowest BCUT2D eigenvalue weighted by Crippen LogP contribution is -1.92.